The molecular formula is C11H14O6P2+2. The van der Waals surface area contributed by atoms with Gasteiger partial charge in [0.2, 0.25) is 0 Å². The quantitative estimate of drug-likeness (QED) is 0.581. The van der Waals surface area contributed by atoms with E-state index >= 15 is 0 Å². The number of aryl methyl sites for hydroxylation is 1. The van der Waals surface area contributed by atoms with Gasteiger partial charge in [-0.15, -0.1) is 4.89 Å². The van der Waals surface area contributed by atoms with E-state index in [1.807, 2.05) is 6.07 Å². The summed E-state index contributed by atoms with van der Waals surface area (Å²) in [6.07, 6.45) is 3.36. The van der Waals surface area contributed by atoms with Crippen molar-refractivity contribution in [1.29, 1.82) is 0 Å². The van der Waals surface area contributed by atoms with Gasteiger partial charge in [-0.05, 0) is 52.0 Å². The van der Waals surface area contributed by atoms with Gasteiger partial charge < -0.3 is 5.11 Å². The van der Waals surface area contributed by atoms with Crippen LogP contribution in [0, 0.1) is 0 Å². The van der Waals surface area contributed by atoms with Crippen molar-refractivity contribution in [3.8, 4) is 0 Å². The summed E-state index contributed by atoms with van der Waals surface area (Å²) in [7, 11) is -6.43. The first-order valence-electron chi connectivity index (χ1n) is 5.80. The maximum Gasteiger partial charge on any atom is 0.702 e. The highest BCUT2D eigenvalue weighted by molar-refractivity contribution is 7.40. The van der Waals surface area contributed by atoms with Gasteiger partial charge >= 0.3 is 21.8 Å². The smallest absolute Gasteiger partial charge is 0.317 e. The molecule has 0 spiro atoms. The fraction of sp³-hybridized carbons (Fsp3) is 0.455. The highest BCUT2D eigenvalue weighted by atomic mass is 31.1. The first kappa shape index (κ1) is 14.7. The van der Waals surface area contributed by atoms with Crippen molar-refractivity contribution in [2.24, 2.45) is 0 Å². The molecule has 1 aromatic carbocycles. The van der Waals surface area contributed by atoms with Gasteiger partial charge in [-0.25, -0.2) is 0 Å². The Kier molecular flexibility index (Phi) is 4.41. The number of fused-ring (bicyclic) bond motifs is 1. The summed E-state index contributed by atoms with van der Waals surface area (Å²) in [5.74, 6) is 0. The van der Waals surface area contributed by atoms with Crippen LogP contribution in [0.25, 0.3) is 0 Å². The van der Waals surface area contributed by atoms with Crippen LogP contribution in [-0.2, 0) is 32.0 Å². The summed E-state index contributed by atoms with van der Waals surface area (Å²) in [6, 6.07) is 4.96. The highest BCUT2D eigenvalue weighted by Crippen LogP contribution is 2.50. The predicted octanol–water partition coefficient (Wildman–Crippen LogP) is 2.07. The van der Waals surface area contributed by atoms with Crippen LogP contribution in [-0.4, -0.2) is 14.9 Å². The van der Waals surface area contributed by atoms with E-state index in [2.05, 4.69) is 4.52 Å². The zero-order valence-electron chi connectivity index (χ0n) is 10.0. The van der Waals surface area contributed by atoms with Crippen molar-refractivity contribution in [2.75, 3.05) is 0 Å². The average molecular weight is 304 g/mol. The summed E-state index contributed by atoms with van der Waals surface area (Å²) in [5.41, 5.74) is -0.841. The first-order chi connectivity index (χ1) is 8.95. The van der Waals surface area contributed by atoms with Crippen LogP contribution in [0.5, 0.6) is 0 Å². The Morgan fingerprint density at radius 2 is 1.84 bits per heavy atom. The zero-order chi connectivity index (χ0) is 14.0. The molecule has 0 bridgehead atoms. The standard InChI is InChI=1S/C11H12O6P2/c12-11(18(13)14,17-19(15)16)10-7-3-5-8-4-1-2-6-9(8)10/h3,5,7,12H,1-2,4,6H2/p+2. The molecule has 8 heteroatoms. The van der Waals surface area contributed by atoms with E-state index in [0.29, 0.717) is 6.42 Å². The Morgan fingerprint density at radius 3 is 2.47 bits per heavy atom. The third kappa shape index (κ3) is 2.90. The molecule has 0 radical (unpaired) electrons. The molecule has 0 saturated heterocycles. The summed E-state index contributed by atoms with van der Waals surface area (Å²) in [5, 5.41) is 10.2. The molecular weight excluding hydrogens is 290 g/mol. The summed E-state index contributed by atoms with van der Waals surface area (Å²) < 4.78 is 26.6. The average Bonchev–Trinajstić information content (AvgIpc) is 2.37. The molecule has 19 heavy (non-hydrogen) atoms. The second kappa shape index (κ2) is 5.71. The normalized spacial score (nSPS) is 19.3. The molecule has 1 aliphatic carbocycles. The summed E-state index contributed by atoms with van der Waals surface area (Å²) >= 11 is 0. The maximum atomic E-state index is 11.4. The van der Waals surface area contributed by atoms with Gasteiger partial charge in [-0.2, -0.15) is 4.89 Å². The molecule has 0 aliphatic heterocycles. The predicted molar refractivity (Wildman–Crippen MR) is 67.7 cm³/mol. The number of hydrogen-bond acceptors (Lipinski definition) is 4. The van der Waals surface area contributed by atoms with Gasteiger partial charge in [0, 0.05) is 4.57 Å². The van der Waals surface area contributed by atoms with Crippen molar-refractivity contribution in [3.63, 3.8) is 0 Å². The first-order valence-corrected chi connectivity index (χ1v) is 8.14. The lowest BCUT2D eigenvalue weighted by Gasteiger charge is -2.20. The van der Waals surface area contributed by atoms with E-state index in [1.54, 1.807) is 6.07 Å². The Morgan fingerprint density at radius 1 is 1.16 bits per heavy atom. The van der Waals surface area contributed by atoms with Crippen LogP contribution in [0.1, 0.15) is 29.5 Å². The molecule has 2 rings (SSSR count). The van der Waals surface area contributed by atoms with Crippen LogP contribution < -0.4 is 0 Å². The molecule has 6 nitrogen and oxygen atoms in total. The molecule has 3 unspecified atom stereocenters. The number of aliphatic hydroxyl groups is 1. The van der Waals surface area contributed by atoms with Crippen LogP contribution in [0.15, 0.2) is 18.2 Å². The molecule has 0 heterocycles. The Balaban J connectivity index is 2.54. The van der Waals surface area contributed by atoms with Gasteiger partial charge in [0.25, 0.3) is 0 Å². The minimum Gasteiger partial charge on any atom is -0.317 e. The third-order valence-corrected chi connectivity index (χ3v) is 4.63. The topological polar surface area (TPSA) is 104 Å². The van der Waals surface area contributed by atoms with E-state index < -0.39 is 21.8 Å². The highest BCUT2D eigenvalue weighted by Gasteiger charge is 2.60. The molecule has 3 atom stereocenters. The lowest BCUT2D eigenvalue weighted by Crippen LogP contribution is -2.25. The van der Waals surface area contributed by atoms with Gasteiger partial charge in [-0.3, -0.25) is 0 Å². The van der Waals surface area contributed by atoms with Gasteiger partial charge in [0.05, 0.1) is 5.56 Å². The Labute approximate surface area is 111 Å². The van der Waals surface area contributed by atoms with Crippen molar-refractivity contribution >= 4 is 16.3 Å². The third-order valence-electron chi connectivity index (χ3n) is 3.21. The number of rotatable bonds is 4. The van der Waals surface area contributed by atoms with Crippen LogP contribution in [0.2, 0.25) is 0 Å². The number of hydrogen-bond donors (Lipinski definition) is 3. The summed E-state index contributed by atoms with van der Waals surface area (Å²) in [4.78, 5) is 18.1. The molecule has 0 amide bonds. The lowest BCUT2D eigenvalue weighted by molar-refractivity contribution is -0.0748. The zero-order valence-corrected chi connectivity index (χ0v) is 11.8. The lowest BCUT2D eigenvalue weighted by atomic mass is 9.88. The van der Waals surface area contributed by atoms with Crippen LogP contribution >= 0.6 is 16.3 Å². The van der Waals surface area contributed by atoms with Crippen molar-refractivity contribution in [1.82, 2.24) is 0 Å². The minimum absolute atomic E-state index is 0.103. The monoisotopic (exact) mass is 304 g/mol. The van der Waals surface area contributed by atoms with Crippen LogP contribution in [0.4, 0.5) is 0 Å². The fourth-order valence-corrected chi connectivity index (χ4v) is 3.60. The molecule has 1 aromatic rings. The molecule has 0 saturated carbocycles. The Hall–Kier alpha value is -0.740. The number of benzene rings is 1. The second-order valence-electron chi connectivity index (χ2n) is 4.36. The SMILES string of the molecule is O=[P+](O)OC(O)(c1cccc2c1CCCC2)[P+](=O)O. The van der Waals surface area contributed by atoms with E-state index in [4.69, 9.17) is 4.89 Å². The van der Waals surface area contributed by atoms with Crippen LogP contribution in [0.3, 0.4) is 0 Å². The van der Waals surface area contributed by atoms with Gasteiger partial charge in [0.1, 0.15) is 0 Å². The van der Waals surface area contributed by atoms with Crippen molar-refractivity contribution < 1.29 is 28.5 Å². The van der Waals surface area contributed by atoms with Gasteiger partial charge in [-0.1, -0.05) is 12.1 Å². The van der Waals surface area contributed by atoms with E-state index in [0.717, 1.165) is 30.4 Å². The summed E-state index contributed by atoms with van der Waals surface area (Å²) in [6.45, 7) is 0. The second-order valence-corrected chi connectivity index (χ2v) is 6.17. The maximum absolute atomic E-state index is 11.4. The minimum atomic E-state index is -3.23. The van der Waals surface area contributed by atoms with Crippen molar-refractivity contribution in [3.05, 3.63) is 34.9 Å². The largest absolute Gasteiger partial charge is 0.702 e. The molecule has 1 aliphatic rings. The molecule has 3 N–H and O–H groups in total. The fourth-order valence-electron chi connectivity index (χ4n) is 2.38. The molecule has 0 aromatic heterocycles. The Bertz CT molecular complexity index is 532. The molecule has 0 fully saturated rings. The van der Waals surface area contributed by atoms with E-state index in [9.17, 15) is 19.1 Å². The van der Waals surface area contributed by atoms with Gasteiger partial charge in [0.15, 0.2) is 0 Å². The van der Waals surface area contributed by atoms with E-state index in [-0.39, 0.29) is 5.56 Å². The van der Waals surface area contributed by atoms with E-state index in [1.165, 1.54) is 6.07 Å². The molecule has 102 valence electrons. The van der Waals surface area contributed by atoms with Crippen molar-refractivity contribution in [2.45, 2.75) is 31.2 Å².